The van der Waals surface area contributed by atoms with E-state index in [1.54, 1.807) is 18.2 Å². The summed E-state index contributed by atoms with van der Waals surface area (Å²) < 4.78 is 6.01. The Morgan fingerprint density at radius 1 is 1.20 bits per heavy atom. The molecule has 2 aromatic rings. The number of primary amides is 1. The molecule has 2 aliphatic heterocycles. The fraction of sp³-hybridized carbons (Fsp3) is 0.250. The van der Waals surface area contributed by atoms with Crippen LogP contribution in [-0.2, 0) is 34.1 Å². The van der Waals surface area contributed by atoms with E-state index in [0.29, 0.717) is 29.8 Å². The third-order valence-corrected chi connectivity index (χ3v) is 5.90. The van der Waals surface area contributed by atoms with Crippen molar-refractivity contribution in [3.05, 3.63) is 76.6 Å². The first-order valence-electron chi connectivity index (χ1n) is 10.9. The standard InChI is InChI=1S/C24H24N6O5/c25-22(32)18(11-28-26)27-10-14-4-6-15(7-5-14)13-35-20-3-1-2-16-17(20)12-30(24(16)34)19-8-9-21(31)29-23(19)33/h1-7,11,19,26-27H,8-10,12-13H2,(H2,25,32)(H,29,31,33)/b18-11-,28-26?. The van der Waals surface area contributed by atoms with E-state index in [4.69, 9.17) is 16.0 Å². The van der Waals surface area contributed by atoms with Crippen molar-refractivity contribution in [3.8, 4) is 5.75 Å². The van der Waals surface area contributed by atoms with Gasteiger partial charge in [-0.05, 0) is 29.7 Å². The Labute approximate surface area is 200 Å². The van der Waals surface area contributed by atoms with Gasteiger partial charge >= 0.3 is 0 Å². The molecule has 1 saturated heterocycles. The molecule has 2 heterocycles. The summed E-state index contributed by atoms with van der Waals surface area (Å²) in [7, 11) is 0. The van der Waals surface area contributed by atoms with Crippen LogP contribution in [0.5, 0.6) is 5.75 Å². The summed E-state index contributed by atoms with van der Waals surface area (Å²) in [5.41, 5.74) is 15.1. The van der Waals surface area contributed by atoms with Gasteiger partial charge in [-0.15, -0.1) is 0 Å². The number of rotatable bonds is 9. The van der Waals surface area contributed by atoms with E-state index in [1.165, 1.54) is 4.90 Å². The van der Waals surface area contributed by atoms with Crippen molar-refractivity contribution in [2.24, 2.45) is 10.8 Å². The number of imide groups is 1. The Morgan fingerprint density at radius 2 is 1.94 bits per heavy atom. The van der Waals surface area contributed by atoms with Crippen LogP contribution in [0.1, 0.15) is 39.9 Å². The number of carbonyl (C=O) groups excluding carboxylic acids is 4. The fourth-order valence-electron chi connectivity index (χ4n) is 4.07. The van der Waals surface area contributed by atoms with E-state index in [-0.39, 0.29) is 37.1 Å². The summed E-state index contributed by atoms with van der Waals surface area (Å²) >= 11 is 0. The number of ether oxygens (including phenoxy) is 1. The predicted octanol–water partition coefficient (Wildman–Crippen LogP) is 1.47. The molecular weight excluding hydrogens is 452 g/mol. The number of piperidine rings is 1. The summed E-state index contributed by atoms with van der Waals surface area (Å²) in [5, 5.41) is 8.20. The van der Waals surface area contributed by atoms with Crippen LogP contribution in [0.3, 0.4) is 0 Å². The summed E-state index contributed by atoms with van der Waals surface area (Å²) in [6.07, 6.45) is 1.55. The molecule has 11 nitrogen and oxygen atoms in total. The smallest absolute Gasteiger partial charge is 0.266 e. The van der Waals surface area contributed by atoms with Crippen LogP contribution in [-0.4, -0.2) is 34.6 Å². The van der Waals surface area contributed by atoms with E-state index < -0.39 is 17.9 Å². The quantitative estimate of drug-likeness (QED) is 0.243. The van der Waals surface area contributed by atoms with Crippen LogP contribution in [0.4, 0.5) is 0 Å². The van der Waals surface area contributed by atoms with Crippen LogP contribution in [0, 0.1) is 5.53 Å². The Balaban J connectivity index is 1.39. The summed E-state index contributed by atoms with van der Waals surface area (Å²) in [5.74, 6) is -1.16. The van der Waals surface area contributed by atoms with Gasteiger partial charge < -0.3 is 20.7 Å². The SMILES string of the molecule is N=N/C=C(\NCc1ccc(COc2cccc3c2CN(C2CCC(=O)NC2=O)C3=O)cc1)C(N)=O. The van der Waals surface area contributed by atoms with Gasteiger partial charge in [0.1, 0.15) is 24.1 Å². The third kappa shape index (κ3) is 5.18. The molecule has 0 saturated carbocycles. The fourth-order valence-corrected chi connectivity index (χ4v) is 4.07. The number of carbonyl (C=O) groups is 4. The zero-order valence-electron chi connectivity index (χ0n) is 18.7. The second kappa shape index (κ2) is 10.2. The molecule has 0 bridgehead atoms. The first-order valence-corrected chi connectivity index (χ1v) is 10.9. The number of fused-ring (bicyclic) bond motifs is 1. The zero-order chi connectivity index (χ0) is 24.9. The molecule has 5 N–H and O–H groups in total. The molecule has 11 heteroatoms. The number of nitrogens with two attached hydrogens (primary N) is 1. The molecule has 1 unspecified atom stereocenters. The van der Waals surface area contributed by atoms with Crippen LogP contribution in [0.2, 0.25) is 0 Å². The normalized spacial score (nSPS) is 17.6. The van der Waals surface area contributed by atoms with E-state index in [2.05, 4.69) is 15.7 Å². The van der Waals surface area contributed by atoms with Crippen LogP contribution >= 0.6 is 0 Å². The molecule has 2 aliphatic rings. The van der Waals surface area contributed by atoms with Gasteiger partial charge in [-0.1, -0.05) is 30.3 Å². The Morgan fingerprint density at radius 3 is 2.63 bits per heavy atom. The van der Waals surface area contributed by atoms with Gasteiger partial charge in [-0.25, -0.2) is 5.53 Å². The summed E-state index contributed by atoms with van der Waals surface area (Å²) in [6, 6.07) is 12.0. The highest BCUT2D eigenvalue weighted by molar-refractivity contribution is 6.05. The molecule has 0 aromatic heterocycles. The van der Waals surface area contributed by atoms with E-state index in [9.17, 15) is 19.2 Å². The van der Waals surface area contributed by atoms with Crippen molar-refractivity contribution in [2.45, 2.75) is 38.6 Å². The Kier molecular flexibility index (Phi) is 6.86. The monoisotopic (exact) mass is 476 g/mol. The average molecular weight is 476 g/mol. The van der Waals surface area contributed by atoms with Crippen molar-refractivity contribution >= 4 is 23.6 Å². The first kappa shape index (κ1) is 23.6. The highest BCUT2D eigenvalue weighted by Gasteiger charge is 2.40. The van der Waals surface area contributed by atoms with Gasteiger partial charge in [-0.3, -0.25) is 24.5 Å². The lowest BCUT2D eigenvalue weighted by Crippen LogP contribution is -2.52. The minimum atomic E-state index is -0.698. The van der Waals surface area contributed by atoms with Crippen molar-refractivity contribution in [2.75, 3.05) is 0 Å². The third-order valence-electron chi connectivity index (χ3n) is 5.90. The van der Waals surface area contributed by atoms with E-state index in [1.807, 2.05) is 24.3 Å². The second-order valence-electron chi connectivity index (χ2n) is 8.18. The maximum atomic E-state index is 12.9. The minimum Gasteiger partial charge on any atom is -0.489 e. The van der Waals surface area contributed by atoms with E-state index >= 15 is 0 Å². The second-order valence-corrected chi connectivity index (χ2v) is 8.18. The van der Waals surface area contributed by atoms with Gasteiger partial charge in [0, 0.05) is 24.1 Å². The highest BCUT2D eigenvalue weighted by Crippen LogP contribution is 2.33. The van der Waals surface area contributed by atoms with Crippen LogP contribution in [0.15, 0.2) is 59.5 Å². The molecule has 1 atom stereocenters. The number of amides is 4. The maximum Gasteiger partial charge on any atom is 0.266 e. The lowest BCUT2D eigenvalue weighted by atomic mass is 10.0. The molecule has 1 fully saturated rings. The molecule has 180 valence electrons. The number of benzene rings is 2. The predicted molar refractivity (Wildman–Crippen MR) is 123 cm³/mol. The number of hydrogen-bond donors (Lipinski definition) is 4. The minimum absolute atomic E-state index is 0.0474. The maximum absolute atomic E-state index is 12.9. The van der Waals surface area contributed by atoms with Gasteiger partial charge in [-0.2, -0.15) is 5.11 Å². The lowest BCUT2D eigenvalue weighted by molar-refractivity contribution is -0.137. The Bertz CT molecular complexity index is 1220. The first-order chi connectivity index (χ1) is 16.9. The van der Waals surface area contributed by atoms with Gasteiger partial charge in [0.2, 0.25) is 11.8 Å². The molecule has 4 amide bonds. The van der Waals surface area contributed by atoms with Gasteiger partial charge in [0.15, 0.2) is 0 Å². The van der Waals surface area contributed by atoms with E-state index in [0.717, 1.165) is 17.3 Å². The molecule has 35 heavy (non-hydrogen) atoms. The number of hydrogen-bond acceptors (Lipinski definition) is 8. The molecular formula is C24H24N6O5. The summed E-state index contributed by atoms with van der Waals surface area (Å²) in [4.78, 5) is 49.4. The molecule has 4 rings (SSSR count). The van der Waals surface area contributed by atoms with Crippen molar-refractivity contribution in [3.63, 3.8) is 0 Å². The summed E-state index contributed by atoms with van der Waals surface area (Å²) in [6.45, 7) is 0.832. The molecule has 0 radical (unpaired) electrons. The van der Waals surface area contributed by atoms with Crippen molar-refractivity contribution in [1.29, 1.82) is 5.53 Å². The molecule has 0 aliphatic carbocycles. The largest absolute Gasteiger partial charge is 0.489 e. The number of nitrogens with zero attached hydrogens (tertiary/aromatic N) is 2. The van der Waals surface area contributed by atoms with Gasteiger partial charge in [0.05, 0.1) is 12.7 Å². The van der Waals surface area contributed by atoms with Crippen molar-refractivity contribution < 1.29 is 23.9 Å². The van der Waals surface area contributed by atoms with Gasteiger partial charge in [0.25, 0.3) is 11.8 Å². The van der Waals surface area contributed by atoms with Crippen molar-refractivity contribution in [1.82, 2.24) is 15.5 Å². The highest BCUT2D eigenvalue weighted by atomic mass is 16.5. The average Bonchev–Trinajstić information content (AvgIpc) is 3.17. The lowest BCUT2D eigenvalue weighted by Gasteiger charge is -2.29. The Hall–Kier alpha value is -4.54. The molecule has 0 spiro atoms. The number of nitrogens with one attached hydrogen (secondary N) is 3. The van der Waals surface area contributed by atoms with Crippen LogP contribution < -0.4 is 21.1 Å². The van der Waals surface area contributed by atoms with Crippen LogP contribution in [0.25, 0.3) is 0 Å². The molecule has 2 aromatic carbocycles. The zero-order valence-corrected chi connectivity index (χ0v) is 18.7. The topological polar surface area (TPSA) is 167 Å².